The predicted octanol–water partition coefficient (Wildman–Crippen LogP) is -0.104. The third-order valence-corrected chi connectivity index (χ3v) is 3.17. The summed E-state index contributed by atoms with van der Waals surface area (Å²) in [7, 11) is 1.79. The van der Waals surface area contributed by atoms with Gasteiger partial charge < -0.3 is 14.9 Å². The lowest BCUT2D eigenvalue weighted by molar-refractivity contribution is -0.131. The molecule has 1 aromatic heterocycles. The van der Waals surface area contributed by atoms with Gasteiger partial charge >= 0.3 is 0 Å². The lowest BCUT2D eigenvalue weighted by Gasteiger charge is -2.25. The number of likely N-dealkylation sites (tertiary alicyclic amines) is 1. The number of carbonyl (C=O) groups excluding carboxylic acids is 1. The van der Waals surface area contributed by atoms with Gasteiger partial charge in [-0.2, -0.15) is 0 Å². The van der Waals surface area contributed by atoms with E-state index in [1.807, 2.05) is 0 Å². The average Bonchev–Trinajstić information content (AvgIpc) is 2.88. The molecule has 0 bridgehead atoms. The molecule has 18 heavy (non-hydrogen) atoms. The minimum absolute atomic E-state index is 0.0153. The maximum absolute atomic E-state index is 12.1. The summed E-state index contributed by atoms with van der Waals surface area (Å²) in [5.74, 6) is 0.548. The number of hydrogen-bond acceptors (Lipinski definition) is 5. The molecule has 0 radical (unpaired) electrons. The van der Waals surface area contributed by atoms with E-state index in [2.05, 4.69) is 9.97 Å². The number of likely N-dealkylation sites (N-methyl/N-ethyl adjacent to an activating group) is 1. The number of rotatable bonds is 4. The van der Waals surface area contributed by atoms with Crippen molar-refractivity contribution in [1.82, 2.24) is 14.9 Å². The van der Waals surface area contributed by atoms with Crippen molar-refractivity contribution in [1.29, 1.82) is 0 Å². The Hall–Kier alpha value is -1.69. The van der Waals surface area contributed by atoms with Gasteiger partial charge in [0.2, 0.25) is 11.9 Å². The number of aliphatic hydroxyl groups is 1. The molecule has 1 N–H and O–H groups in total. The van der Waals surface area contributed by atoms with Crippen molar-refractivity contribution in [3.8, 4) is 0 Å². The van der Waals surface area contributed by atoms with Gasteiger partial charge in [0.05, 0.1) is 19.2 Å². The topological polar surface area (TPSA) is 69.6 Å². The third kappa shape index (κ3) is 2.76. The SMILES string of the molecule is CN(CC(=O)N1CCCC1CO)c1ncccn1. The van der Waals surface area contributed by atoms with Gasteiger partial charge in [-0.15, -0.1) is 0 Å². The fourth-order valence-corrected chi connectivity index (χ4v) is 2.21. The quantitative estimate of drug-likeness (QED) is 0.808. The average molecular weight is 250 g/mol. The molecule has 2 heterocycles. The van der Waals surface area contributed by atoms with Crippen molar-refractivity contribution in [3.63, 3.8) is 0 Å². The highest BCUT2D eigenvalue weighted by Gasteiger charge is 2.28. The number of anilines is 1. The molecule has 0 saturated carbocycles. The van der Waals surface area contributed by atoms with E-state index in [1.54, 1.807) is 35.3 Å². The van der Waals surface area contributed by atoms with Crippen LogP contribution in [0.1, 0.15) is 12.8 Å². The Morgan fingerprint density at radius 2 is 2.28 bits per heavy atom. The van der Waals surface area contributed by atoms with Crippen LogP contribution in [0.3, 0.4) is 0 Å². The summed E-state index contributed by atoms with van der Waals surface area (Å²) in [6, 6.07) is 1.71. The summed E-state index contributed by atoms with van der Waals surface area (Å²) in [5, 5.41) is 9.20. The van der Waals surface area contributed by atoms with Gasteiger partial charge in [0.25, 0.3) is 0 Å². The Morgan fingerprint density at radius 3 is 2.94 bits per heavy atom. The molecule has 1 amide bonds. The molecule has 1 fully saturated rings. The number of aromatic nitrogens is 2. The Bertz CT molecular complexity index is 398. The molecule has 6 heteroatoms. The van der Waals surface area contributed by atoms with Crippen LogP contribution in [-0.2, 0) is 4.79 Å². The standard InChI is InChI=1S/C12H18N4O2/c1-15(12-13-5-3-6-14-12)8-11(18)16-7-2-4-10(16)9-17/h3,5-6,10,17H,2,4,7-9H2,1H3. The van der Waals surface area contributed by atoms with Gasteiger partial charge in [-0.1, -0.05) is 0 Å². The molecular formula is C12H18N4O2. The van der Waals surface area contributed by atoms with Crippen LogP contribution in [0.25, 0.3) is 0 Å². The van der Waals surface area contributed by atoms with Crippen molar-refractivity contribution in [2.75, 3.05) is 31.6 Å². The zero-order valence-electron chi connectivity index (χ0n) is 10.5. The first kappa shape index (κ1) is 12.8. The van der Waals surface area contributed by atoms with Crippen molar-refractivity contribution in [2.45, 2.75) is 18.9 Å². The number of nitrogens with zero attached hydrogens (tertiary/aromatic N) is 4. The molecule has 1 unspecified atom stereocenters. The van der Waals surface area contributed by atoms with Crippen LogP contribution >= 0.6 is 0 Å². The Kier molecular flexibility index (Phi) is 4.09. The van der Waals surface area contributed by atoms with Gasteiger partial charge in [0.15, 0.2) is 0 Å². The molecule has 0 aromatic carbocycles. The summed E-state index contributed by atoms with van der Waals surface area (Å²) < 4.78 is 0. The number of aliphatic hydroxyl groups excluding tert-OH is 1. The van der Waals surface area contributed by atoms with Crippen molar-refractivity contribution in [2.24, 2.45) is 0 Å². The number of hydrogen-bond donors (Lipinski definition) is 1. The van der Waals surface area contributed by atoms with Gasteiger partial charge in [-0.05, 0) is 18.9 Å². The summed E-state index contributed by atoms with van der Waals surface area (Å²) in [5.41, 5.74) is 0. The Morgan fingerprint density at radius 1 is 1.56 bits per heavy atom. The summed E-state index contributed by atoms with van der Waals surface area (Å²) in [4.78, 5) is 23.8. The van der Waals surface area contributed by atoms with E-state index in [1.165, 1.54) is 0 Å². The Balaban J connectivity index is 1.95. The summed E-state index contributed by atoms with van der Waals surface area (Å²) in [6.07, 6.45) is 5.14. The maximum Gasteiger partial charge on any atom is 0.242 e. The minimum Gasteiger partial charge on any atom is -0.394 e. The van der Waals surface area contributed by atoms with Gasteiger partial charge in [0.1, 0.15) is 0 Å². The van der Waals surface area contributed by atoms with E-state index >= 15 is 0 Å². The fourth-order valence-electron chi connectivity index (χ4n) is 2.21. The molecule has 2 rings (SSSR count). The number of carbonyl (C=O) groups is 1. The third-order valence-electron chi connectivity index (χ3n) is 3.17. The van der Waals surface area contributed by atoms with Crippen LogP contribution in [0.5, 0.6) is 0 Å². The van der Waals surface area contributed by atoms with E-state index in [-0.39, 0.29) is 25.1 Å². The molecular weight excluding hydrogens is 232 g/mol. The predicted molar refractivity (Wildman–Crippen MR) is 67.1 cm³/mol. The molecule has 1 saturated heterocycles. The summed E-state index contributed by atoms with van der Waals surface area (Å²) in [6.45, 7) is 1.01. The highest BCUT2D eigenvalue weighted by atomic mass is 16.3. The highest BCUT2D eigenvalue weighted by Crippen LogP contribution is 2.17. The van der Waals surface area contributed by atoms with Crippen LogP contribution < -0.4 is 4.90 Å². The van der Waals surface area contributed by atoms with E-state index < -0.39 is 0 Å². The van der Waals surface area contributed by atoms with Gasteiger partial charge in [0, 0.05) is 26.0 Å². The lowest BCUT2D eigenvalue weighted by atomic mass is 10.2. The molecule has 1 aliphatic heterocycles. The molecule has 6 nitrogen and oxygen atoms in total. The van der Waals surface area contributed by atoms with E-state index in [0.717, 1.165) is 19.4 Å². The molecule has 1 aliphatic rings. The highest BCUT2D eigenvalue weighted by molar-refractivity contribution is 5.81. The second kappa shape index (κ2) is 5.77. The second-order valence-corrected chi connectivity index (χ2v) is 4.47. The van der Waals surface area contributed by atoms with Crippen LogP contribution in [0.15, 0.2) is 18.5 Å². The second-order valence-electron chi connectivity index (χ2n) is 4.47. The first-order chi connectivity index (χ1) is 8.72. The van der Waals surface area contributed by atoms with E-state index in [4.69, 9.17) is 0 Å². The van der Waals surface area contributed by atoms with Crippen molar-refractivity contribution in [3.05, 3.63) is 18.5 Å². The van der Waals surface area contributed by atoms with Crippen LogP contribution in [0.2, 0.25) is 0 Å². The summed E-state index contributed by atoms with van der Waals surface area (Å²) >= 11 is 0. The Labute approximate surface area is 106 Å². The first-order valence-electron chi connectivity index (χ1n) is 6.11. The van der Waals surface area contributed by atoms with Crippen LogP contribution in [0.4, 0.5) is 5.95 Å². The lowest BCUT2D eigenvalue weighted by Crippen LogP contribution is -2.43. The smallest absolute Gasteiger partial charge is 0.242 e. The van der Waals surface area contributed by atoms with E-state index in [9.17, 15) is 9.90 Å². The number of amides is 1. The molecule has 0 spiro atoms. The van der Waals surface area contributed by atoms with Crippen molar-refractivity contribution < 1.29 is 9.90 Å². The molecule has 98 valence electrons. The molecule has 1 aromatic rings. The van der Waals surface area contributed by atoms with Crippen molar-refractivity contribution >= 4 is 11.9 Å². The van der Waals surface area contributed by atoms with Crippen LogP contribution in [0, 0.1) is 0 Å². The zero-order chi connectivity index (χ0) is 13.0. The normalized spacial score (nSPS) is 19.0. The molecule has 0 aliphatic carbocycles. The minimum atomic E-state index is -0.0254. The fraction of sp³-hybridized carbons (Fsp3) is 0.583. The van der Waals surface area contributed by atoms with Gasteiger partial charge in [-0.3, -0.25) is 4.79 Å². The first-order valence-corrected chi connectivity index (χ1v) is 6.11. The zero-order valence-corrected chi connectivity index (χ0v) is 10.5. The monoisotopic (exact) mass is 250 g/mol. The largest absolute Gasteiger partial charge is 0.394 e. The molecule has 1 atom stereocenters. The van der Waals surface area contributed by atoms with Crippen LogP contribution in [-0.4, -0.2) is 58.7 Å². The maximum atomic E-state index is 12.1. The van der Waals surface area contributed by atoms with Gasteiger partial charge in [-0.25, -0.2) is 9.97 Å². The van der Waals surface area contributed by atoms with E-state index in [0.29, 0.717) is 5.95 Å².